The van der Waals surface area contributed by atoms with Crippen LogP contribution in [0.25, 0.3) is 0 Å². The number of rotatable bonds is 3. The van der Waals surface area contributed by atoms with Gasteiger partial charge >= 0.3 is 0 Å². The predicted molar refractivity (Wildman–Crippen MR) is 59.2 cm³/mol. The van der Waals surface area contributed by atoms with E-state index in [1.54, 1.807) is 0 Å². The summed E-state index contributed by atoms with van der Waals surface area (Å²) in [5.74, 6) is -0.392. The Kier molecular flexibility index (Phi) is 3.46. The number of nitrogens with zero attached hydrogens (tertiary/aromatic N) is 1. The third-order valence-corrected chi connectivity index (χ3v) is 3.48. The van der Waals surface area contributed by atoms with E-state index < -0.39 is 11.6 Å². The summed E-state index contributed by atoms with van der Waals surface area (Å²) in [6.45, 7) is 1.40. The summed E-state index contributed by atoms with van der Waals surface area (Å²) in [6, 6.07) is -0.487. The van der Waals surface area contributed by atoms with Gasteiger partial charge < -0.3 is 15.2 Å². The molecule has 2 saturated heterocycles. The summed E-state index contributed by atoms with van der Waals surface area (Å²) >= 11 is 0. The summed E-state index contributed by atoms with van der Waals surface area (Å²) in [5.41, 5.74) is -0.817. The van der Waals surface area contributed by atoms with Gasteiger partial charge in [0, 0.05) is 39.6 Å². The van der Waals surface area contributed by atoms with Gasteiger partial charge in [-0.25, -0.2) is 0 Å². The summed E-state index contributed by atoms with van der Waals surface area (Å²) in [5, 5.41) is 13.2. The molecule has 2 N–H and O–H groups in total. The van der Waals surface area contributed by atoms with Gasteiger partial charge in [-0.2, -0.15) is 0 Å². The van der Waals surface area contributed by atoms with E-state index in [-0.39, 0.29) is 18.2 Å². The molecule has 0 aliphatic carbocycles. The van der Waals surface area contributed by atoms with Gasteiger partial charge in [0.25, 0.3) is 0 Å². The lowest BCUT2D eigenvalue weighted by atomic mass is 9.94. The Labute approximate surface area is 99.9 Å². The molecule has 2 rings (SSSR count). The number of likely N-dealkylation sites (tertiary alicyclic amines) is 1. The topological polar surface area (TPSA) is 78.9 Å². The van der Waals surface area contributed by atoms with E-state index in [9.17, 15) is 14.7 Å². The van der Waals surface area contributed by atoms with Gasteiger partial charge in [0.1, 0.15) is 0 Å². The van der Waals surface area contributed by atoms with Crippen LogP contribution in [0.4, 0.5) is 0 Å². The first-order valence-electron chi connectivity index (χ1n) is 5.86. The molecule has 0 saturated carbocycles. The molecule has 0 radical (unpaired) electrons. The van der Waals surface area contributed by atoms with E-state index in [0.29, 0.717) is 32.6 Å². The van der Waals surface area contributed by atoms with Crippen LogP contribution in [-0.4, -0.2) is 60.3 Å². The first-order valence-corrected chi connectivity index (χ1v) is 5.86. The van der Waals surface area contributed by atoms with Gasteiger partial charge in [-0.3, -0.25) is 14.5 Å². The molecule has 0 bridgehead atoms. The number of carbonyl (C=O) groups is 2. The molecular weight excluding hydrogens is 224 g/mol. The van der Waals surface area contributed by atoms with Crippen molar-refractivity contribution in [3.63, 3.8) is 0 Å². The average Bonchev–Trinajstić information content (AvgIpc) is 2.55. The fourth-order valence-corrected chi connectivity index (χ4v) is 2.16. The summed E-state index contributed by atoms with van der Waals surface area (Å²) in [4.78, 5) is 24.1. The quantitative estimate of drug-likeness (QED) is 0.613. The number of carbonyl (C=O) groups excluding carboxylic acids is 2. The van der Waals surface area contributed by atoms with E-state index in [4.69, 9.17) is 4.74 Å². The van der Waals surface area contributed by atoms with Crippen LogP contribution in [0.3, 0.4) is 0 Å². The highest BCUT2D eigenvalue weighted by molar-refractivity contribution is 6.05. The van der Waals surface area contributed by atoms with Crippen molar-refractivity contribution >= 4 is 11.8 Å². The summed E-state index contributed by atoms with van der Waals surface area (Å²) in [7, 11) is 1.48. The lowest BCUT2D eigenvalue weighted by Gasteiger charge is -2.32. The normalized spacial score (nSPS) is 28.8. The van der Waals surface area contributed by atoms with Crippen molar-refractivity contribution in [2.24, 2.45) is 0 Å². The molecule has 96 valence electrons. The first-order chi connectivity index (χ1) is 8.02. The number of aliphatic hydroxyl groups is 1. The average molecular weight is 242 g/mol. The van der Waals surface area contributed by atoms with Crippen LogP contribution in [0.1, 0.15) is 19.3 Å². The fourth-order valence-electron chi connectivity index (χ4n) is 2.16. The van der Waals surface area contributed by atoms with Gasteiger partial charge in [0.2, 0.25) is 11.8 Å². The fraction of sp³-hybridized carbons (Fsp3) is 0.818. The molecule has 0 spiro atoms. The molecular formula is C11H18N2O4. The van der Waals surface area contributed by atoms with Crippen LogP contribution in [0.15, 0.2) is 0 Å². The highest BCUT2D eigenvalue weighted by atomic mass is 16.5. The van der Waals surface area contributed by atoms with Crippen LogP contribution >= 0.6 is 0 Å². The van der Waals surface area contributed by atoms with E-state index >= 15 is 0 Å². The molecule has 2 amide bonds. The largest absolute Gasteiger partial charge is 0.388 e. The molecule has 2 aliphatic heterocycles. The van der Waals surface area contributed by atoms with Gasteiger partial charge in [0.05, 0.1) is 18.1 Å². The molecule has 2 aliphatic rings. The standard InChI is InChI=1S/C11H18N2O4/c1-13-9(14)6-8(10(13)15)12-7-11(16)2-4-17-5-3-11/h8,12,16H,2-7H2,1H3. The van der Waals surface area contributed by atoms with Crippen LogP contribution < -0.4 is 5.32 Å². The predicted octanol–water partition coefficient (Wildman–Crippen LogP) is -1.13. The zero-order valence-corrected chi connectivity index (χ0v) is 9.94. The maximum atomic E-state index is 11.6. The molecule has 2 fully saturated rings. The number of hydrogen-bond donors (Lipinski definition) is 2. The van der Waals surface area contributed by atoms with Gasteiger partial charge in [-0.15, -0.1) is 0 Å². The van der Waals surface area contributed by atoms with E-state index in [1.807, 2.05) is 0 Å². The Morgan fingerprint density at radius 2 is 2.12 bits per heavy atom. The molecule has 2 heterocycles. The van der Waals surface area contributed by atoms with Crippen LogP contribution in [-0.2, 0) is 14.3 Å². The van der Waals surface area contributed by atoms with Gasteiger partial charge in [-0.05, 0) is 0 Å². The minimum absolute atomic E-state index is 0.175. The van der Waals surface area contributed by atoms with Crippen molar-refractivity contribution < 1.29 is 19.4 Å². The zero-order valence-electron chi connectivity index (χ0n) is 9.94. The zero-order chi connectivity index (χ0) is 12.5. The van der Waals surface area contributed by atoms with E-state index in [0.717, 1.165) is 4.90 Å². The van der Waals surface area contributed by atoms with Gasteiger partial charge in [0.15, 0.2) is 0 Å². The smallest absolute Gasteiger partial charge is 0.246 e. The van der Waals surface area contributed by atoms with Crippen molar-refractivity contribution in [1.29, 1.82) is 0 Å². The Morgan fingerprint density at radius 3 is 2.65 bits per heavy atom. The molecule has 0 aromatic rings. The van der Waals surface area contributed by atoms with Crippen molar-refractivity contribution in [2.45, 2.75) is 30.9 Å². The number of nitrogens with one attached hydrogen (secondary N) is 1. The molecule has 1 unspecified atom stereocenters. The van der Waals surface area contributed by atoms with Crippen molar-refractivity contribution in [3.05, 3.63) is 0 Å². The van der Waals surface area contributed by atoms with Crippen LogP contribution in [0.5, 0.6) is 0 Å². The van der Waals surface area contributed by atoms with Crippen molar-refractivity contribution in [2.75, 3.05) is 26.8 Å². The molecule has 17 heavy (non-hydrogen) atoms. The Bertz CT molecular complexity index is 325. The number of imide groups is 1. The number of amides is 2. The highest BCUT2D eigenvalue weighted by Gasteiger charge is 2.38. The Hall–Kier alpha value is -0.980. The van der Waals surface area contributed by atoms with Crippen LogP contribution in [0.2, 0.25) is 0 Å². The Morgan fingerprint density at radius 1 is 1.47 bits per heavy atom. The molecule has 0 aromatic heterocycles. The van der Waals surface area contributed by atoms with Crippen LogP contribution in [0, 0.1) is 0 Å². The highest BCUT2D eigenvalue weighted by Crippen LogP contribution is 2.20. The lowest BCUT2D eigenvalue weighted by molar-refractivity contribution is -0.137. The maximum absolute atomic E-state index is 11.6. The SMILES string of the molecule is CN1C(=O)CC(NCC2(O)CCOCC2)C1=O. The number of likely N-dealkylation sites (N-methyl/N-ethyl adjacent to an activating group) is 1. The maximum Gasteiger partial charge on any atom is 0.246 e. The summed E-state index contributed by atoms with van der Waals surface area (Å²) in [6.07, 6.45) is 1.30. The molecule has 6 heteroatoms. The van der Waals surface area contributed by atoms with Crippen molar-refractivity contribution in [3.8, 4) is 0 Å². The Balaban J connectivity index is 1.86. The number of ether oxygens (including phenoxy) is 1. The minimum Gasteiger partial charge on any atom is -0.388 e. The molecule has 0 aromatic carbocycles. The number of hydrogen-bond acceptors (Lipinski definition) is 5. The summed E-state index contributed by atoms with van der Waals surface area (Å²) < 4.78 is 5.17. The second kappa shape index (κ2) is 4.72. The van der Waals surface area contributed by atoms with Crippen molar-refractivity contribution in [1.82, 2.24) is 10.2 Å². The second-order valence-electron chi connectivity index (χ2n) is 4.77. The second-order valence-corrected chi connectivity index (χ2v) is 4.77. The minimum atomic E-state index is -0.817. The monoisotopic (exact) mass is 242 g/mol. The lowest BCUT2D eigenvalue weighted by Crippen LogP contribution is -2.49. The third kappa shape index (κ3) is 2.65. The van der Waals surface area contributed by atoms with E-state index in [2.05, 4.69) is 5.32 Å². The molecule has 1 atom stereocenters. The van der Waals surface area contributed by atoms with Gasteiger partial charge in [-0.1, -0.05) is 0 Å². The third-order valence-electron chi connectivity index (χ3n) is 3.48. The molecule has 6 nitrogen and oxygen atoms in total. The van der Waals surface area contributed by atoms with E-state index in [1.165, 1.54) is 7.05 Å². The first kappa shape index (κ1) is 12.5.